The van der Waals surface area contributed by atoms with Crippen LogP contribution in [-0.4, -0.2) is 29.9 Å². The van der Waals surface area contributed by atoms with Crippen LogP contribution in [0.15, 0.2) is 41.0 Å². The van der Waals surface area contributed by atoms with E-state index in [1.165, 1.54) is 18.4 Å². The second-order valence-corrected chi connectivity index (χ2v) is 5.68. The number of carbonyl (C=O) groups is 2. The highest BCUT2D eigenvalue weighted by Crippen LogP contribution is 2.23. The zero-order chi connectivity index (χ0) is 17.8. The molecular weight excluding hydrogens is 325 g/mol. The molecule has 0 fully saturated rings. The van der Waals surface area contributed by atoms with Crippen molar-refractivity contribution in [2.45, 2.75) is 13.3 Å². The highest BCUT2D eigenvalue weighted by Gasteiger charge is 2.13. The standard InChI is InChI=1S/C18H18FN3O3/c1-11-13(14-9-12(19)4-5-15(14)22-11)10-17(23)20-6-7-21-18(24)16-3-2-8-25-16/h2-5,8-9,22H,6-7,10H2,1H3,(H,20,23)(H,21,24). The molecule has 3 aromatic rings. The van der Waals surface area contributed by atoms with Crippen LogP contribution in [0.25, 0.3) is 10.9 Å². The number of nitrogens with one attached hydrogen (secondary N) is 3. The molecule has 3 rings (SSSR count). The number of carbonyl (C=O) groups excluding carboxylic acids is 2. The summed E-state index contributed by atoms with van der Waals surface area (Å²) < 4.78 is 18.4. The van der Waals surface area contributed by atoms with Gasteiger partial charge in [0, 0.05) is 29.7 Å². The average Bonchev–Trinajstić information content (AvgIpc) is 3.21. The lowest BCUT2D eigenvalue weighted by Gasteiger charge is -2.06. The minimum absolute atomic E-state index is 0.140. The Bertz CT molecular complexity index is 900. The molecule has 6 nitrogen and oxygen atoms in total. The molecule has 0 spiro atoms. The molecule has 0 atom stereocenters. The van der Waals surface area contributed by atoms with E-state index in [1.54, 1.807) is 18.2 Å². The van der Waals surface area contributed by atoms with Gasteiger partial charge in [0.05, 0.1) is 12.7 Å². The third kappa shape index (κ3) is 3.88. The molecule has 3 N–H and O–H groups in total. The Hall–Kier alpha value is -3.09. The number of benzene rings is 1. The van der Waals surface area contributed by atoms with Gasteiger partial charge in [0.25, 0.3) is 5.91 Å². The Kier molecular flexibility index (Phi) is 4.83. The predicted molar refractivity (Wildman–Crippen MR) is 90.7 cm³/mol. The van der Waals surface area contributed by atoms with Crippen molar-refractivity contribution in [3.8, 4) is 0 Å². The van der Waals surface area contributed by atoms with Crippen molar-refractivity contribution < 1.29 is 18.4 Å². The molecule has 0 unspecified atom stereocenters. The SMILES string of the molecule is Cc1[nH]c2ccc(F)cc2c1CC(=O)NCCNC(=O)c1ccco1. The summed E-state index contributed by atoms with van der Waals surface area (Å²) in [5.74, 6) is -0.640. The number of hydrogen-bond donors (Lipinski definition) is 3. The third-order valence-corrected chi connectivity index (χ3v) is 3.90. The summed E-state index contributed by atoms with van der Waals surface area (Å²) in [6.45, 7) is 2.43. The monoisotopic (exact) mass is 343 g/mol. The third-order valence-electron chi connectivity index (χ3n) is 3.90. The molecule has 2 aromatic heterocycles. The molecule has 0 aliphatic heterocycles. The quantitative estimate of drug-likeness (QED) is 0.600. The van der Waals surface area contributed by atoms with Gasteiger partial charge in [-0.05, 0) is 42.8 Å². The topological polar surface area (TPSA) is 87.1 Å². The van der Waals surface area contributed by atoms with Crippen molar-refractivity contribution in [1.29, 1.82) is 0 Å². The lowest BCUT2D eigenvalue weighted by molar-refractivity contribution is -0.120. The molecule has 0 saturated carbocycles. The van der Waals surface area contributed by atoms with Crippen molar-refractivity contribution in [3.05, 3.63) is 59.4 Å². The minimum Gasteiger partial charge on any atom is -0.459 e. The summed E-state index contributed by atoms with van der Waals surface area (Å²) in [5.41, 5.74) is 2.40. The molecule has 130 valence electrons. The molecule has 0 bridgehead atoms. The molecule has 2 heterocycles. The average molecular weight is 343 g/mol. The first-order chi connectivity index (χ1) is 12.0. The molecule has 0 radical (unpaired) electrons. The van der Waals surface area contributed by atoms with Crippen LogP contribution < -0.4 is 10.6 Å². The first-order valence-electron chi connectivity index (χ1n) is 7.89. The summed E-state index contributed by atoms with van der Waals surface area (Å²) in [5, 5.41) is 6.09. The van der Waals surface area contributed by atoms with Crippen molar-refractivity contribution in [1.82, 2.24) is 15.6 Å². The zero-order valence-electron chi connectivity index (χ0n) is 13.7. The van der Waals surface area contributed by atoms with Gasteiger partial charge in [-0.15, -0.1) is 0 Å². The van der Waals surface area contributed by atoms with E-state index >= 15 is 0 Å². The Labute approximate surface area is 143 Å². The van der Waals surface area contributed by atoms with E-state index in [1.807, 2.05) is 6.92 Å². The second kappa shape index (κ2) is 7.21. The Balaban J connectivity index is 1.52. The molecule has 0 saturated heterocycles. The summed E-state index contributed by atoms with van der Waals surface area (Å²) in [4.78, 5) is 26.9. The number of H-pyrrole nitrogens is 1. The van der Waals surface area contributed by atoms with Gasteiger partial charge in [0.2, 0.25) is 5.91 Å². The minimum atomic E-state index is -0.339. The second-order valence-electron chi connectivity index (χ2n) is 5.68. The Morgan fingerprint density at radius 3 is 2.76 bits per heavy atom. The molecule has 1 aromatic carbocycles. The van der Waals surface area contributed by atoms with Crippen LogP contribution in [0.4, 0.5) is 4.39 Å². The molecule has 0 aliphatic rings. The molecule has 7 heteroatoms. The van der Waals surface area contributed by atoms with Gasteiger partial charge in [-0.25, -0.2) is 4.39 Å². The van der Waals surface area contributed by atoms with Crippen LogP contribution in [-0.2, 0) is 11.2 Å². The summed E-state index contributed by atoms with van der Waals surface area (Å²) >= 11 is 0. The van der Waals surface area contributed by atoms with Crippen molar-refractivity contribution >= 4 is 22.7 Å². The van der Waals surface area contributed by atoms with Gasteiger partial charge >= 0.3 is 0 Å². The van der Waals surface area contributed by atoms with E-state index in [9.17, 15) is 14.0 Å². The fourth-order valence-electron chi connectivity index (χ4n) is 2.68. The fourth-order valence-corrected chi connectivity index (χ4v) is 2.68. The van der Waals surface area contributed by atoms with E-state index in [0.29, 0.717) is 11.9 Å². The number of amides is 2. The molecule has 25 heavy (non-hydrogen) atoms. The first kappa shape index (κ1) is 16.8. The van der Waals surface area contributed by atoms with Crippen molar-refractivity contribution in [2.24, 2.45) is 0 Å². The largest absolute Gasteiger partial charge is 0.459 e. The van der Waals surface area contributed by atoms with Crippen LogP contribution in [0.3, 0.4) is 0 Å². The number of furan rings is 1. The van der Waals surface area contributed by atoms with E-state index in [4.69, 9.17) is 4.42 Å². The maximum Gasteiger partial charge on any atom is 0.287 e. The van der Waals surface area contributed by atoms with E-state index in [-0.39, 0.29) is 36.4 Å². The fraction of sp³-hybridized carbons (Fsp3) is 0.222. The summed E-state index contributed by atoms with van der Waals surface area (Å²) in [6, 6.07) is 7.65. The number of aryl methyl sites for hydroxylation is 1. The maximum atomic E-state index is 13.4. The summed E-state index contributed by atoms with van der Waals surface area (Å²) in [6.07, 6.45) is 1.56. The van der Waals surface area contributed by atoms with Gasteiger partial charge in [0.15, 0.2) is 5.76 Å². The van der Waals surface area contributed by atoms with Gasteiger partial charge in [-0.1, -0.05) is 0 Å². The number of aromatic amines is 1. The number of fused-ring (bicyclic) bond motifs is 1. The summed E-state index contributed by atoms with van der Waals surface area (Å²) in [7, 11) is 0. The van der Waals surface area contributed by atoms with Gasteiger partial charge in [0.1, 0.15) is 5.82 Å². The molecular formula is C18H18FN3O3. The van der Waals surface area contributed by atoms with E-state index in [0.717, 1.165) is 16.8 Å². The van der Waals surface area contributed by atoms with Crippen LogP contribution in [0.1, 0.15) is 21.8 Å². The van der Waals surface area contributed by atoms with Crippen molar-refractivity contribution in [2.75, 3.05) is 13.1 Å². The Morgan fingerprint density at radius 1 is 1.20 bits per heavy atom. The number of rotatable bonds is 6. The van der Waals surface area contributed by atoms with Crippen LogP contribution in [0, 0.1) is 12.7 Å². The van der Waals surface area contributed by atoms with Gasteiger partial charge < -0.3 is 20.0 Å². The van der Waals surface area contributed by atoms with Gasteiger partial charge in [-0.3, -0.25) is 9.59 Å². The maximum absolute atomic E-state index is 13.4. The van der Waals surface area contributed by atoms with Crippen molar-refractivity contribution in [3.63, 3.8) is 0 Å². The lowest BCUT2D eigenvalue weighted by atomic mass is 10.1. The lowest BCUT2D eigenvalue weighted by Crippen LogP contribution is -2.35. The number of halogens is 1. The predicted octanol–water partition coefficient (Wildman–Crippen LogP) is 2.30. The smallest absolute Gasteiger partial charge is 0.287 e. The van der Waals surface area contributed by atoms with Crippen LogP contribution in [0.2, 0.25) is 0 Å². The normalized spacial score (nSPS) is 10.8. The highest BCUT2D eigenvalue weighted by atomic mass is 19.1. The molecule has 2 amide bonds. The van der Waals surface area contributed by atoms with E-state index < -0.39 is 0 Å². The van der Waals surface area contributed by atoms with E-state index in [2.05, 4.69) is 15.6 Å². The zero-order valence-corrected chi connectivity index (χ0v) is 13.7. The highest BCUT2D eigenvalue weighted by molar-refractivity contribution is 5.91. The number of aromatic nitrogens is 1. The molecule has 0 aliphatic carbocycles. The first-order valence-corrected chi connectivity index (χ1v) is 7.89. The van der Waals surface area contributed by atoms with Crippen LogP contribution >= 0.6 is 0 Å². The van der Waals surface area contributed by atoms with Gasteiger partial charge in [-0.2, -0.15) is 0 Å². The Morgan fingerprint density at radius 2 is 2.00 bits per heavy atom. The van der Waals surface area contributed by atoms with Crippen LogP contribution in [0.5, 0.6) is 0 Å². The number of hydrogen-bond acceptors (Lipinski definition) is 3.